The van der Waals surface area contributed by atoms with Gasteiger partial charge in [0.05, 0.1) is 11.0 Å². The molecule has 0 aliphatic heterocycles. The van der Waals surface area contributed by atoms with Crippen LogP contribution in [0, 0.1) is 0 Å². The van der Waals surface area contributed by atoms with Crippen LogP contribution in [0.4, 0.5) is 5.95 Å². The van der Waals surface area contributed by atoms with E-state index in [0.717, 1.165) is 34.5 Å². The molecule has 0 saturated carbocycles. The first-order valence-electron chi connectivity index (χ1n) is 5.19. The van der Waals surface area contributed by atoms with Gasteiger partial charge < -0.3 is 15.2 Å². The van der Waals surface area contributed by atoms with E-state index in [2.05, 4.69) is 50.2 Å². The van der Waals surface area contributed by atoms with E-state index in [0.29, 0.717) is 0 Å². The summed E-state index contributed by atoms with van der Waals surface area (Å²) in [6, 6.07) is 6.01. The minimum absolute atomic E-state index is 0.829. The second-order valence-electron chi connectivity index (χ2n) is 3.98. The third-order valence-corrected chi connectivity index (χ3v) is 2.79. The Kier molecular flexibility index (Phi) is 3.46. The van der Waals surface area contributed by atoms with Crippen molar-refractivity contribution in [3.63, 3.8) is 0 Å². The fraction of sp³-hybridized carbons (Fsp3) is 0.364. The molecule has 0 unspecified atom stereocenters. The molecule has 0 saturated heterocycles. The van der Waals surface area contributed by atoms with E-state index in [1.165, 1.54) is 0 Å². The van der Waals surface area contributed by atoms with E-state index >= 15 is 0 Å². The van der Waals surface area contributed by atoms with Crippen LogP contribution in [0.25, 0.3) is 11.0 Å². The largest absolute Gasteiger partial charge is 0.355 e. The van der Waals surface area contributed by atoms with Crippen LogP contribution in [-0.2, 0) is 0 Å². The molecular weight excluding hydrogens is 268 g/mol. The molecule has 1 aromatic carbocycles. The number of anilines is 1. The van der Waals surface area contributed by atoms with E-state index in [-0.39, 0.29) is 0 Å². The van der Waals surface area contributed by atoms with Crippen molar-refractivity contribution in [1.82, 2.24) is 14.9 Å². The van der Waals surface area contributed by atoms with Gasteiger partial charge in [0.2, 0.25) is 5.95 Å². The highest BCUT2D eigenvalue weighted by atomic mass is 79.9. The highest BCUT2D eigenvalue weighted by molar-refractivity contribution is 9.10. The van der Waals surface area contributed by atoms with Gasteiger partial charge in [0, 0.05) is 17.6 Å². The minimum atomic E-state index is 0.829. The van der Waals surface area contributed by atoms with Gasteiger partial charge in [-0.2, -0.15) is 0 Å². The number of halogens is 1. The Hall–Kier alpha value is -1.07. The summed E-state index contributed by atoms with van der Waals surface area (Å²) >= 11 is 3.44. The number of likely N-dealkylation sites (N-methyl/N-ethyl adjacent to an activating group) is 1. The van der Waals surface area contributed by atoms with Crippen LogP contribution in [0.1, 0.15) is 0 Å². The number of aromatic nitrogens is 2. The molecular formula is C11H15BrN4. The molecule has 0 bridgehead atoms. The Labute approximate surface area is 103 Å². The highest BCUT2D eigenvalue weighted by Gasteiger charge is 2.02. The Morgan fingerprint density at radius 2 is 2.25 bits per heavy atom. The average Bonchev–Trinajstić information content (AvgIpc) is 2.58. The number of H-pyrrole nitrogens is 1. The van der Waals surface area contributed by atoms with Gasteiger partial charge in [-0.25, -0.2) is 4.98 Å². The van der Waals surface area contributed by atoms with E-state index in [9.17, 15) is 0 Å². The zero-order valence-corrected chi connectivity index (χ0v) is 11.0. The number of nitrogens with zero attached hydrogens (tertiary/aromatic N) is 2. The quantitative estimate of drug-likeness (QED) is 0.905. The normalized spacial score (nSPS) is 11.2. The van der Waals surface area contributed by atoms with Gasteiger partial charge in [-0.3, -0.25) is 0 Å². The zero-order chi connectivity index (χ0) is 11.5. The van der Waals surface area contributed by atoms with Gasteiger partial charge in [-0.05, 0) is 32.3 Å². The maximum Gasteiger partial charge on any atom is 0.201 e. The fourth-order valence-corrected chi connectivity index (χ4v) is 1.82. The van der Waals surface area contributed by atoms with E-state index in [1.807, 2.05) is 18.2 Å². The van der Waals surface area contributed by atoms with Crippen LogP contribution in [0.3, 0.4) is 0 Å². The third kappa shape index (κ3) is 2.74. The predicted octanol–water partition coefficient (Wildman–Crippen LogP) is 2.30. The molecule has 16 heavy (non-hydrogen) atoms. The summed E-state index contributed by atoms with van der Waals surface area (Å²) < 4.78 is 1.06. The molecule has 0 spiro atoms. The second-order valence-corrected chi connectivity index (χ2v) is 4.89. The number of nitrogens with one attached hydrogen (secondary N) is 2. The summed E-state index contributed by atoms with van der Waals surface area (Å²) in [5.41, 5.74) is 2.03. The van der Waals surface area contributed by atoms with Crippen molar-refractivity contribution in [2.75, 3.05) is 32.5 Å². The maximum atomic E-state index is 4.44. The van der Waals surface area contributed by atoms with Gasteiger partial charge in [-0.1, -0.05) is 15.9 Å². The van der Waals surface area contributed by atoms with Crippen molar-refractivity contribution in [1.29, 1.82) is 0 Å². The SMILES string of the molecule is CN(C)CCNc1nc2ccc(Br)cc2[nH]1. The Morgan fingerprint density at radius 3 is 3.00 bits per heavy atom. The molecule has 86 valence electrons. The Bertz CT molecular complexity index is 478. The van der Waals surface area contributed by atoms with Crippen molar-refractivity contribution < 1.29 is 0 Å². The molecule has 2 rings (SSSR count). The molecule has 0 aliphatic carbocycles. The summed E-state index contributed by atoms with van der Waals surface area (Å²) in [7, 11) is 4.11. The Balaban J connectivity index is 2.08. The lowest BCUT2D eigenvalue weighted by molar-refractivity contribution is 0.425. The van der Waals surface area contributed by atoms with E-state index < -0.39 is 0 Å². The molecule has 5 heteroatoms. The number of hydrogen-bond donors (Lipinski definition) is 2. The van der Waals surface area contributed by atoms with E-state index in [4.69, 9.17) is 0 Å². The number of hydrogen-bond acceptors (Lipinski definition) is 3. The summed E-state index contributed by atoms with van der Waals surface area (Å²) in [5.74, 6) is 0.829. The molecule has 0 radical (unpaired) electrons. The molecule has 1 heterocycles. The molecule has 0 aliphatic rings. The number of rotatable bonds is 4. The maximum absolute atomic E-state index is 4.44. The first kappa shape index (κ1) is 11.4. The minimum Gasteiger partial charge on any atom is -0.355 e. The lowest BCUT2D eigenvalue weighted by atomic mass is 10.3. The lowest BCUT2D eigenvalue weighted by Crippen LogP contribution is -2.21. The molecule has 0 amide bonds. The Morgan fingerprint density at radius 1 is 1.44 bits per heavy atom. The molecule has 1 aromatic heterocycles. The number of benzene rings is 1. The summed E-state index contributed by atoms with van der Waals surface area (Å²) in [5, 5.41) is 3.26. The summed E-state index contributed by atoms with van der Waals surface area (Å²) in [4.78, 5) is 9.82. The monoisotopic (exact) mass is 282 g/mol. The van der Waals surface area contributed by atoms with Crippen molar-refractivity contribution in [2.24, 2.45) is 0 Å². The first-order chi connectivity index (χ1) is 7.65. The topological polar surface area (TPSA) is 44.0 Å². The van der Waals surface area contributed by atoms with Crippen LogP contribution in [0.5, 0.6) is 0 Å². The summed E-state index contributed by atoms with van der Waals surface area (Å²) in [6.45, 7) is 1.87. The van der Waals surface area contributed by atoms with Crippen molar-refractivity contribution in [3.05, 3.63) is 22.7 Å². The molecule has 0 atom stereocenters. The smallest absolute Gasteiger partial charge is 0.201 e. The first-order valence-corrected chi connectivity index (χ1v) is 5.98. The van der Waals surface area contributed by atoms with Crippen LogP contribution >= 0.6 is 15.9 Å². The second kappa shape index (κ2) is 4.84. The fourth-order valence-electron chi connectivity index (χ4n) is 1.46. The van der Waals surface area contributed by atoms with Gasteiger partial charge in [0.1, 0.15) is 0 Å². The molecule has 0 fully saturated rings. The zero-order valence-electron chi connectivity index (χ0n) is 9.42. The summed E-state index contributed by atoms with van der Waals surface area (Å²) in [6.07, 6.45) is 0. The average molecular weight is 283 g/mol. The number of imidazole rings is 1. The molecule has 2 N–H and O–H groups in total. The van der Waals surface area contributed by atoms with Crippen LogP contribution < -0.4 is 5.32 Å². The number of aromatic amines is 1. The van der Waals surface area contributed by atoms with E-state index in [1.54, 1.807) is 0 Å². The lowest BCUT2D eigenvalue weighted by Gasteiger charge is -2.08. The molecule has 4 nitrogen and oxygen atoms in total. The van der Waals surface area contributed by atoms with Gasteiger partial charge in [-0.15, -0.1) is 0 Å². The van der Waals surface area contributed by atoms with Gasteiger partial charge >= 0.3 is 0 Å². The van der Waals surface area contributed by atoms with Crippen LogP contribution in [-0.4, -0.2) is 42.1 Å². The standard InChI is InChI=1S/C11H15BrN4/c1-16(2)6-5-13-11-14-9-4-3-8(12)7-10(9)15-11/h3-4,7H,5-6H2,1-2H3,(H2,13,14,15). The van der Waals surface area contributed by atoms with Crippen molar-refractivity contribution >= 4 is 32.9 Å². The van der Waals surface area contributed by atoms with Crippen LogP contribution in [0.15, 0.2) is 22.7 Å². The predicted molar refractivity (Wildman–Crippen MR) is 70.8 cm³/mol. The third-order valence-electron chi connectivity index (χ3n) is 2.30. The van der Waals surface area contributed by atoms with Crippen molar-refractivity contribution in [2.45, 2.75) is 0 Å². The number of fused-ring (bicyclic) bond motifs is 1. The van der Waals surface area contributed by atoms with Gasteiger partial charge in [0.15, 0.2) is 0 Å². The van der Waals surface area contributed by atoms with Crippen LogP contribution in [0.2, 0.25) is 0 Å². The molecule has 2 aromatic rings. The van der Waals surface area contributed by atoms with Gasteiger partial charge in [0.25, 0.3) is 0 Å². The van der Waals surface area contributed by atoms with Crippen molar-refractivity contribution in [3.8, 4) is 0 Å². The highest BCUT2D eigenvalue weighted by Crippen LogP contribution is 2.19.